The molecule has 2 aliphatic rings. The van der Waals surface area contributed by atoms with Crippen molar-refractivity contribution in [3.05, 3.63) is 11.6 Å². The Labute approximate surface area is 70.1 Å². The smallest absolute Gasteiger partial charge is 0.313 e. The Morgan fingerprint density at radius 2 is 2.17 bits per heavy atom. The van der Waals surface area contributed by atoms with Crippen molar-refractivity contribution < 1.29 is 14.7 Å². The molecule has 0 spiro atoms. The van der Waals surface area contributed by atoms with Gasteiger partial charge in [-0.05, 0) is 13.8 Å². The van der Waals surface area contributed by atoms with Gasteiger partial charge in [0.25, 0.3) is 0 Å². The molecule has 12 heavy (non-hydrogen) atoms. The van der Waals surface area contributed by atoms with E-state index >= 15 is 0 Å². The number of rotatable bonds is 3. The van der Waals surface area contributed by atoms with Gasteiger partial charge in [-0.3, -0.25) is 9.59 Å². The monoisotopic (exact) mass is 166 g/mol. The van der Waals surface area contributed by atoms with Crippen LogP contribution in [0.2, 0.25) is 0 Å². The highest BCUT2D eigenvalue weighted by Crippen LogP contribution is 2.71. The Morgan fingerprint density at radius 1 is 1.67 bits per heavy atom. The zero-order chi connectivity index (χ0) is 9.09. The van der Waals surface area contributed by atoms with Crippen LogP contribution < -0.4 is 0 Å². The van der Waals surface area contributed by atoms with Crippen LogP contribution in [0.15, 0.2) is 11.6 Å². The second kappa shape index (κ2) is 1.79. The first-order valence-electron chi connectivity index (χ1n) is 3.99. The molecule has 0 aromatic heterocycles. The summed E-state index contributed by atoms with van der Waals surface area (Å²) in [6.07, 6.45) is 2.01. The molecular weight excluding hydrogens is 156 g/mol. The van der Waals surface area contributed by atoms with E-state index in [9.17, 15) is 9.59 Å². The van der Waals surface area contributed by atoms with Crippen LogP contribution in [0.5, 0.6) is 0 Å². The number of Topliss-reactive ketones (excluding diaryl/α,β-unsaturated/α-hetero) is 1. The fourth-order valence-corrected chi connectivity index (χ4v) is 1.73. The Balaban J connectivity index is 2.11. The summed E-state index contributed by atoms with van der Waals surface area (Å²) < 4.78 is 0. The van der Waals surface area contributed by atoms with Gasteiger partial charge in [-0.2, -0.15) is 0 Å². The fourth-order valence-electron chi connectivity index (χ4n) is 1.73. The van der Waals surface area contributed by atoms with Gasteiger partial charge in [0.05, 0.1) is 5.41 Å². The highest BCUT2D eigenvalue weighted by Gasteiger charge is 2.69. The predicted octanol–water partition coefficient (Wildman–Crippen LogP) is 0.852. The number of fused-ring (bicyclic) bond motifs is 1. The van der Waals surface area contributed by atoms with Crippen molar-refractivity contribution in [3.8, 4) is 0 Å². The topological polar surface area (TPSA) is 54.4 Å². The molecule has 3 unspecified atom stereocenters. The minimum Gasteiger partial charge on any atom is -0.481 e. The van der Waals surface area contributed by atoms with Crippen molar-refractivity contribution in [1.29, 1.82) is 0 Å². The van der Waals surface area contributed by atoms with Crippen LogP contribution in [0.4, 0.5) is 0 Å². The van der Waals surface area contributed by atoms with Crippen LogP contribution in [0, 0.1) is 17.3 Å². The van der Waals surface area contributed by atoms with E-state index in [4.69, 9.17) is 5.11 Å². The molecule has 64 valence electrons. The quantitative estimate of drug-likeness (QED) is 0.499. The first kappa shape index (κ1) is 7.53. The Hall–Kier alpha value is -1.12. The molecule has 1 saturated carbocycles. The summed E-state index contributed by atoms with van der Waals surface area (Å²) in [5.74, 6) is -1.71. The first-order valence-corrected chi connectivity index (χ1v) is 3.99. The fraction of sp³-hybridized carbons (Fsp3) is 0.556. The second-order valence-electron chi connectivity index (χ2n) is 3.73. The lowest BCUT2D eigenvalue weighted by Gasteiger charge is -2.13. The van der Waals surface area contributed by atoms with Crippen LogP contribution >= 0.6 is 0 Å². The SMILES string of the molecule is CC(C(=O)O)C(=O)C1(C)C2=CC21. The van der Waals surface area contributed by atoms with Gasteiger partial charge in [-0.15, -0.1) is 0 Å². The molecular formula is C9H10O3. The molecule has 2 rings (SSSR count). The van der Waals surface area contributed by atoms with E-state index in [-0.39, 0.29) is 5.78 Å². The lowest BCUT2D eigenvalue weighted by Crippen LogP contribution is -2.29. The third-order valence-electron chi connectivity index (χ3n) is 2.99. The number of carbonyl (C=O) groups excluding carboxylic acids is 1. The second-order valence-corrected chi connectivity index (χ2v) is 3.73. The standard InChI is InChI=1S/C9H10O3/c1-4(8(11)12)7(10)9(2)5-3-6(5)9/h3-5H,1-2H3,(H,11,12). The number of hydrogen-bond acceptors (Lipinski definition) is 2. The van der Waals surface area contributed by atoms with Crippen molar-refractivity contribution in [2.75, 3.05) is 0 Å². The largest absolute Gasteiger partial charge is 0.481 e. The van der Waals surface area contributed by atoms with Crippen LogP contribution in [-0.2, 0) is 9.59 Å². The molecule has 0 aromatic carbocycles. The van der Waals surface area contributed by atoms with Gasteiger partial charge in [-0.25, -0.2) is 0 Å². The van der Waals surface area contributed by atoms with Crippen LogP contribution in [0.1, 0.15) is 13.8 Å². The van der Waals surface area contributed by atoms with E-state index in [1.54, 1.807) is 0 Å². The molecule has 0 aromatic rings. The van der Waals surface area contributed by atoms with Gasteiger partial charge >= 0.3 is 5.97 Å². The highest BCUT2D eigenvalue weighted by atomic mass is 16.4. The molecule has 0 aliphatic heterocycles. The molecule has 0 bridgehead atoms. The Morgan fingerprint density at radius 3 is 2.42 bits per heavy atom. The van der Waals surface area contributed by atoms with E-state index in [1.807, 2.05) is 13.0 Å². The van der Waals surface area contributed by atoms with Gasteiger partial charge in [0.15, 0.2) is 5.78 Å². The summed E-state index contributed by atoms with van der Waals surface area (Å²) >= 11 is 0. The summed E-state index contributed by atoms with van der Waals surface area (Å²) in [5.41, 5.74) is 0.748. The third-order valence-corrected chi connectivity index (χ3v) is 2.99. The number of carboxylic acid groups (broad SMARTS) is 1. The maximum absolute atomic E-state index is 11.5. The van der Waals surface area contributed by atoms with Crippen molar-refractivity contribution >= 4 is 11.8 Å². The zero-order valence-electron chi connectivity index (χ0n) is 7.00. The average molecular weight is 166 g/mol. The summed E-state index contributed by atoms with van der Waals surface area (Å²) in [6, 6.07) is 0. The summed E-state index contributed by atoms with van der Waals surface area (Å²) in [6.45, 7) is 3.28. The lowest BCUT2D eigenvalue weighted by molar-refractivity contribution is -0.147. The molecule has 1 fully saturated rings. The molecule has 0 saturated heterocycles. The Bertz CT molecular complexity index is 316. The average Bonchev–Trinajstić information content (AvgIpc) is 2.87. The van der Waals surface area contributed by atoms with Gasteiger partial charge < -0.3 is 5.11 Å². The zero-order valence-corrected chi connectivity index (χ0v) is 7.00. The van der Waals surface area contributed by atoms with Gasteiger partial charge in [0.1, 0.15) is 5.92 Å². The maximum Gasteiger partial charge on any atom is 0.313 e. The van der Waals surface area contributed by atoms with Crippen LogP contribution in [0.3, 0.4) is 0 Å². The first-order chi connectivity index (χ1) is 5.49. The van der Waals surface area contributed by atoms with Crippen molar-refractivity contribution in [2.24, 2.45) is 17.3 Å². The van der Waals surface area contributed by atoms with E-state index in [0.29, 0.717) is 5.92 Å². The normalized spacial score (nSPS) is 37.8. The van der Waals surface area contributed by atoms with Crippen molar-refractivity contribution in [2.45, 2.75) is 13.8 Å². The minimum atomic E-state index is -1.02. The van der Waals surface area contributed by atoms with Crippen LogP contribution in [0.25, 0.3) is 0 Å². The molecule has 0 heterocycles. The van der Waals surface area contributed by atoms with Crippen LogP contribution in [-0.4, -0.2) is 16.9 Å². The number of allylic oxidation sites excluding steroid dienone is 2. The molecule has 1 N–H and O–H groups in total. The summed E-state index contributed by atoms with van der Waals surface area (Å²) in [4.78, 5) is 22.0. The highest BCUT2D eigenvalue weighted by molar-refractivity contribution is 6.07. The number of aliphatic carboxylic acids is 1. The maximum atomic E-state index is 11.5. The summed E-state index contributed by atoms with van der Waals surface area (Å²) in [7, 11) is 0. The van der Waals surface area contributed by atoms with Crippen molar-refractivity contribution in [3.63, 3.8) is 0 Å². The summed E-state index contributed by atoms with van der Waals surface area (Å²) in [5, 5.41) is 8.60. The molecule has 0 radical (unpaired) electrons. The van der Waals surface area contributed by atoms with Crippen molar-refractivity contribution in [1.82, 2.24) is 0 Å². The minimum absolute atomic E-state index is 0.141. The van der Waals surface area contributed by atoms with Gasteiger partial charge in [0, 0.05) is 5.92 Å². The van der Waals surface area contributed by atoms with Gasteiger partial charge in [0.2, 0.25) is 0 Å². The molecule has 3 atom stereocenters. The Kier molecular flexibility index (Phi) is 1.12. The molecule has 3 nitrogen and oxygen atoms in total. The lowest BCUT2D eigenvalue weighted by atomic mass is 9.88. The number of hydrogen-bond donors (Lipinski definition) is 1. The van der Waals surface area contributed by atoms with Gasteiger partial charge in [-0.1, -0.05) is 11.6 Å². The van der Waals surface area contributed by atoms with E-state index < -0.39 is 17.3 Å². The number of carbonyl (C=O) groups is 2. The number of carboxylic acids is 1. The van der Waals surface area contributed by atoms with E-state index in [0.717, 1.165) is 5.57 Å². The van der Waals surface area contributed by atoms with E-state index in [1.165, 1.54) is 6.92 Å². The van der Waals surface area contributed by atoms with E-state index in [2.05, 4.69) is 0 Å². The predicted molar refractivity (Wildman–Crippen MR) is 41.5 cm³/mol. The third kappa shape index (κ3) is 0.661. The molecule has 0 amide bonds. The molecule has 3 heteroatoms. The number of ketones is 1. The molecule has 2 aliphatic carbocycles.